The lowest BCUT2D eigenvalue weighted by Gasteiger charge is -2.38. The highest BCUT2D eigenvalue weighted by Gasteiger charge is 2.36. The number of ether oxygens (including phenoxy) is 2. The molecule has 4 heterocycles. The molecule has 0 saturated carbocycles. The largest absolute Gasteiger partial charge is 0.486 e. The molecule has 2 fully saturated rings. The van der Waals surface area contributed by atoms with Gasteiger partial charge >= 0.3 is 0 Å². The van der Waals surface area contributed by atoms with Crippen LogP contribution in [0.3, 0.4) is 0 Å². The zero-order valence-electron chi connectivity index (χ0n) is 20.4. The molecule has 0 unspecified atom stereocenters. The van der Waals surface area contributed by atoms with Gasteiger partial charge in [-0.2, -0.15) is 4.31 Å². The molecule has 0 spiro atoms. The van der Waals surface area contributed by atoms with Gasteiger partial charge in [-0.05, 0) is 62.2 Å². The van der Waals surface area contributed by atoms with Gasteiger partial charge < -0.3 is 14.4 Å². The molecular formula is C27H32N4O4S. The van der Waals surface area contributed by atoms with Gasteiger partial charge in [0.15, 0.2) is 11.5 Å². The third kappa shape index (κ3) is 4.40. The molecule has 6 rings (SSSR count). The van der Waals surface area contributed by atoms with Crippen LogP contribution in [0.2, 0.25) is 0 Å². The fourth-order valence-corrected chi connectivity index (χ4v) is 7.62. The molecule has 2 saturated heterocycles. The van der Waals surface area contributed by atoms with E-state index in [2.05, 4.69) is 20.9 Å². The maximum Gasteiger partial charge on any atom is 0.243 e. The molecule has 36 heavy (non-hydrogen) atoms. The fourth-order valence-electron chi connectivity index (χ4n) is 5.69. The molecule has 0 radical (unpaired) electrons. The van der Waals surface area contributed by atoms with Gasteiger partial charge in [0.25, 0.3) is 0 Å². The molecular weight excluding hydrogens is 476 g/mol. The van der Waals surface area contributed by atoms with Crippen molar-refractivity contribution in [2.75, 3.05) is 57.4 Å². The summed E-state index contributed by atoms with van der Waals surface area (Å²) in [5.74, 6) is 1.68. The monoisotopic (exact) mass is 508 g/mol. The molecule has 2 aromatic carbocycles. The lowest BCUT2D eigenvalue weighted by atomic mass is 10.1. The van der Waals surface area contributed by atoms with Crippen molar-refractivity contribution in [3.63, 3.8) is 0 Å². The van der Waals surface area contributed by atoms with E-state index in [1.807, 2.05) is 24.3 Å². The Kier molecular flexibility index (Phi) is 6.45. The summed E-state index contributed by atoms with van der Waals surface area (Å²) in [6.45, 7) is 6.37. The Morgan fingerprint density at radius 1 is 0.917 bits per heavy atom. The Balaban J connectivity index is 1.09. The van der Waals surface area contributed by atoms with E-state index >= 15 is 0 Å². The lowest BCUT2D eigenvalue weighted by Crippen LogP contribution is -2.48. The predicted molar refractivity (Wildman–Crippen MR) is 139 cm³/mol. The van der Waals surface area contributed by atoms with Crippen molar-refractivity contribution < 1.29 is 17.9 Å². The number of para-hydroxylation sites is 1. The van der Waals surface area contributed by atoms with Gasteiger partial charge in [-0.15, -0.1) is 0 Å². The van der Waals surface area contributed by atoms with Crippen LogP contribution in [0.15, 0.2) is 59.6 Å². The van der Waals surface area contributed by atoms with Gasteiger partial charge in [0.1, 0.15) is 13.2 Å². The molecule has 0 aliphatic carbocycles. The molecule has 9 heteroatoms. The number of sulfonamides is 1. The number of aromatic nitrogens is 1. The van der Waals surface area contributed by atoms with Crippen molar-refractivity contribution in [1.29, 1.82) is 0 Å². The molecule has 190 valence electrons. The zero-order valence-corrected chi connectivity index (χ0v) is 21.2. The average Bonchev–Trinajstić information content (AvgIpc) is 3.41. The second-order valence-electron chi connectivity index (χ2n) is 9.66. The first-order valence-corrected chi connectivity index (χ1v) is 14.3. The van der Waals surface area contributed by atoms with Crippen molar-refractivity contribution in [3.05, 3.63) is 54.7 Å². The summed E-state index contributed by atoms with van der Waals surface area (Å²) >= 11 is 0. The highest BCUT2D eigenvalue weighted by atomic mass is 32.2. The van der Waals surface area contributed by atoms with Crippen molar-refractivity contribution >= 4 is 26.6 Å². The number of hydrogen-bond donors (Lipinski definition) is 0. The molecule has 3 aliphatic rings. The molecule has 3 aromatic rings. The smallest absolute Gasteiger partial charge is 0.243 e. The number of fused-ring (bicyclic) bond motifs is 2. The molecule has 0 N–H and O–H groups in total. The van der Waals surface area contributed by atoms with Crippen LogP contribution in [0.4, 0.5) is 5.69 Å². The summed E-state index contributed by atoms with van der Waals surface area (Å²) in [7, 11) is -3.58. The van der Waals surface area contributed by atoms with Crippen LogP contribution in [0.5, 0.6) is 11.5 Å². The van der Waals surface area contributed by atoms with Crippen LogP contribution in [-0.2, 0) is 10.0 Å². The quantitative estimate of drug-likeness (QED) is 0.505. The Morgan fingerprint density at radius 3 is 2.64 bits per heavy atom. The minimum absolute atomic E-state index is 0.0339. The van der Waals surface area contributed by atoms with E-state index < -0.39 is 10.0 Å². The molecule has 3 aliphatic heterocycles. The standard InChI is InChI=1S/C27H32N4O4S/c32-36(33,26-10-1-7-23-22(26)6-3-12-28-23)31-13-4-5-21(31)11-14-29-15-17-30(18-16-29)24-8-2-9-25-27(24)35-20-19-34-25/h1-3,6-10,12,21H,4-5,11,13-20H2/t21-/m1/s1. The Bertz CT molecular complexity index is 1340. The summed E-state index contributed by atoms with van der Waals surface area (Å²) in [5, 5.41) is 0.694. The Hall–Kier alpha value is -2.88. The SMILES string of the molecule is O=S(=O)(c1cccc2ncccc12)N1CCC[C@@H]1CCN1CCN(c2cccc3c2OCCO3)CC1. The van der Waals surface area contributed by atoms with Crippen LogP contribution in [0.1, 0.15) is 19.3 Å². The van der Waals surface area contributed by atoms with E-state index in [9.17, 15) is 8.42 Å². The van der Waals surface area contributed by atoms with Crippen LogP contribution in [0.25, 0.3) is 10.9 Å². The summed E-state index contributed by atoms with van der Waals surface area (Å²) in [5.41, 5.74) is 1.81. The molecule has 1 aromatic heterocycles. The maximum absolute atomic E-state index is 13.7. The number of rotatable bonds is 6. The fraction of sp³-hybridized carbons (Fsp3) is 0.444. The second kappa shape index (κ2) is 9.88. The van der Waals surface area contributed by atoms with Gasteiger partial charge in [-0.3, -0.25) is 9.88 Å². The van der Waals surface area contributed by atoms with Gasteiger partial charge in [-0.25, -0.2) is 8.42 Å². The highest BCUT2D eigenvalue weighted by Crippen LogP contribution is 2.40. The number of piperazine rings is 1. The number of pyridine rings is 1. The van der Waals surface area contributed by atoms with Gasteiger partial charge in [0, 0.05) is 50.3 Å². The van der Waals surface area contributed by atoms with Crippen molar-refractivity contribution in [2.24, 2.45) is 0 Å². The summed E-state index contributed by atoms with van der Waals surface area (Å²) in [4.78, 5) is 9.53. The van der Waals surface area contributed by atoms with Crippen LogP contribution in [-0.4, -0.2) is 81.1 Å². The second-order valence-corrected chi connectivity index (χ2v) is 11.5. The number of hydrogen-bond acceptors (Lipinski definition) is 7. The van der Waals surface area contributed by atoms with E-state index in [1.165, 1.54) is 0 Å². The molecule has 0 bridgehead atoms. The van der Waals surface area contributed by atoms with Crippen molar-refractivity contribution in [1.82, 2.24) is 14.2 Å². The van der Waals surface area contributed by atoms with E-state index in [4.69, 9.17) is 9.47 Å². The highest BCUT2D eigenvalue weighted by molar-refractivity contribution is 7.89. The van der Waals surface area contributed by atoms with E-state index in [1.54, 1.807) is 28.7 Å². The number of anilines is 1. The zero-order chi connectivity index (χ0) is 24.5. The maximum atomic E-state index is 13.7. The van der Waals surface area contributed by atoms with Crippen LogP contribution in [0, 0.1) is 0 Å². The van der Waals surface area contributed by atoms with Crippen LogP contribution < -0.4 is 14.4 Å². The lowest BCUT2D eigenvalue weighted by molar-refractivity contribution is 0.171. The van der Waals surface area contributed by atoms with Gasteiger partial charge in [0.05, 0.1) is 16.1 Å². The molecule has 0 amide bonds. The Labute approximate surface area is 212 Å². The topological polar surface area (TPSA) is 75.2 Å². The minimum Gasteiger partial charge on any atom is -0.486 e. The van der Waals surface area contributed by atoms with E-state index in [-0.39, 0.29) is 6.04 Å². The summed E-state index contributed by atoms with van der Waals surface area (Å²) in [6.07, 6.45) is 4.36. The third-order valence-electron chi connectivity index (χ3n) is 7.55. The molecule has 1 atom stereocenters. The van der Waals surface area contributed by atoms with Crippen molar-refractivity contribution in [3.8, 4) is 11.5 Å². The summed E-state index contributed by atoms with van der Waals surface area (Å²) in [6, 6.07) is 15.1. The van der Waals surface area contributed by atoms with E-state index in [0.29, 0.717) is 35.6 Å². The average molecular weight is 509 g/mol. The van der Waals surface area contributed by atoms with Gasteiger partial charge in [-0.1, -0.05) is 12.1 Å². The van der Waals surface area contributed by atoms with E-state index in [0.717, 1.165) is 69.2 Å². The molecule has 8 nitrogen and oxygen atoms in total. The first kappa shape index (κ1) is 23.5. The van der Waals surface area contributed by atoms with Crippen molar-refractivity contribution in [2.45, 2.75) is 30.2 Å². The normalized spacial score (nSPS) is 21.2. The minimum atomic E-state index is -3.58. The van der Waals surface area contributed by atoms with Gasteiger partial charge in [0.2, 0.25) is 10.0 Å². The van der Waals surface area contributed by atoms with Crippen LogP contribution >= 0.6 is 0 Å². The first-order chi connectivity index (χ1) is 17.6. The first-order valence-electron chi connectivity index (χ1n) is 12.8. The summed E-state index contributed by atoms with van der Waals surface area (Å²) < 4.78 is 40.8. The predicted octanol–water partition coefficient (Wildman–Crippen LogP) is 3.37. The number of benzene rings is 2. The Morgan fingerprint density at radius 2 is 1.75 bits per heavy atom. The number of nitrogens with zero attached hydrogens (tertiary/aromatic N) is 4. The third-order valence-corrected chi connectivity index (χ3v) is 9.56.